The average molecular weight is 186 g/mol. The maximum atomic E-state index is 11.4. The van der Waals surface area contributed by atoms with Gasteiger partial charge in [0.05, 0.1) is 5.41 Å². The minimum absolute atomic E-state index is 0.0971. The Balaban J connectivity index is 4.26. The number of esters is 1. The van der Waals surface area contributed by atoms with E-state index in [9.17, 15) is 9.59 Å². The van der Waals surface area contributed by atoms with Crippen LogP contribution < -0.4 is 0 Å². The number of hydrogen-bond donors (Lipinski definition) is 0. The first-order chi connectivity index (χ1) is 5.79. The fourth-order valence-corrected chi connectivity index (χ4v) is 0.760. The van der Waals surface area contributed by atoms with Crippen molar-refractivity contribution in [2.45, 2.75) is 47.1 Å². The number of hydrogen-bond acceptors (Lipinski definition) is 3. The first-order valence-corrected chi connectivity index (χ1v) is 4.50. The zero-order valence-electron chi connectivity index (χ0n) is 9.01. The second-order valence-electron chi connectivity index (χ2n) is 4.16. The predicted molar refractivity (Wildman–Crippen MR) is 50.3 cm³/mol. The third-order valence-electron chi connectivity index (χ3n) is 1.69. The molecule has 0 aliphatic carbocycles. The van der Waals surface area contributed by atoms with Gasteiger partial charge in [0.2, 0.25) is 0 Å². The fraction of sp³-hybridized carbons (Fsp3) is 0.800. The Morgan fingerprint density at radius 1 is 1.31 bits per heavy atom. The highest BCUT2D eigenvalue weighted by Crippen LogP contribution is 2.17. The van der Waals surface area contributed by atoms with E-state index in [2.05, 4.69) is 0 Å². The molecule has 0 aliphatic rings. The van der Waals surface area contributed by atoms with Crippen LogP contribution in [0.5, 0.6) is 0 Å². The molecule has 0 aromatic carbocycles. The molecule has 0 N–H and O–H groups in total. The van der Waals surface area contributed by atoms with Crippen molar-refractivity contribution < 1.29 is 14.3 Å². The van der Waals surface area contributed by atoms with E-state index in [1.807, 2.05) is 6.92 Å². The van der Waals surface area contributed by atoms with Crippen molar-refractivity contribution in [3.05, 3.63) is 0 Å². The van der Waals surface area contributed by atoms with E-state index in [1.54, 1.807) is 20.8 Å². The third-order valence-corrected chi connectivity index (χ3v) is 1.69. The van der Waals surface area contributed by atoms with Crippen LogP contribution in [0.3, 0.4) is 0 Å². The number of carbonyl (C=O) groups is 2. The Morgan fingerprint density at radius 3 is 2.00 bits per heavy atom. The van der Waals surface area contributed by atoms with Crippen LogP contribution in [-0.2, 0) is 14.3 Å². The summed E-state index contributed by atoms with van der Waals surface area (Å²) in [6.45, 7) is 8.55. The number of ether oxygens (including phenoxy) is 1. The summed E-state index contributed by atoms with van der Waals surface area (Å²) >= 11 is 0. The van der Waals surface area contributed by atoms with E-state index in [0.717, 1.165) is 0 Å². The molecule has 3 heteroatoms. The van der Waals surface area contributed by atoms with Crippen LogP contribution in [0.15, 0.2) is 0 Å². The molecule has 0 saturated heterocycles. The van der Waals surface area contributed by atoms with E-state index < -0.39 is 11.5 Å². The summed E-state index contributed by atoms with van der Waals surface area (Å²) in [4.78, 5) is 22.3. The van der Waals surface area contributed by atoms with Crippen molar-refractivity contribution in [2.75, 3.05) is 0 Å². The topological polar surface area (TPSA) is 43.4 Å². The van der Waals surface area contributed by atoms with Crippen LogP contribution in [0.1, 0.15) is 41.0 Å². The molecule has 0 fully saturated rings. The second kappa shape index (κ2) is 4.40. The third kappa shape index (κ3) is 4.06. The van der Waals surface area contributed by atoms with Gasteiger partial charge in [0, 0.05) is 0 Å². The summed E-state index contributed by atoms with van der Waals surface area (Å²) in [6.07, 6.45) is -0.0383. The molecule has 1 unspecified atom stereocenters. The first kappa shape index (κ1) is 12.1. The molecule has 0 heterocycles. The Morgan fingerprint density at radius 2 is 1.77 bits per heavy atom. The zero-order valence-corrected chi connectivity index (χ0v) is 9.01. The maximum absolute atomic E-state index is 11.4. The van der Waals surface area contributed by atoms with Gasteiger partial charge in [-0.25, -0.2) is 0 Å². The smallest absolute Gasteiger partial charge is 0.311 e. The molecule has 1 atom stereocenters. The number of rotatable bonds is 3. The Kier molecular flexibility index (Phi) is 4.11. The van der Waals surface area contributed by atoms with Gasteiger partial charge in [-0.15, -0.1) is 0 Å². The lowest BCUT2D eigenvalue weighted by Crippen LogP contribution is -2.31. The van der Waals surface area contributed by atoms with Crippen LogP contribution in [0.25, 0.3) is 0 Å². The predicted octanol–water partition coefficient (Wildman–Crippen LogP) is 1.94. The molecule has 0 spiro atoms. The normalized spacial score (nSPS) is 13.6. The molecule has 76 valence electrons. The highest BCUT2D eigenvalue weighted by Gasteiger charge is 2.27. The van der Waals surface area contributed by atoms with E-state index in [0.29, 0.717) is 6.42 Å². The van der Waals surface area contributed by atoms with Gasteiger partial charge in [-0.3, -0.25) is 9.59 Å². The van der Waals surface area contributed by atoms with Crippen LogP contribution in [0.2, 0.25) is 0 Å². The molecule has 0 aliphatic heterocycles. The van der Waals surface area contributed by atoms with E-state index in [-0.39, 0.29) is 11.8 Å². The van der Waals surface area contributed by atoms with E-state index in [1.165, 1.54) is 6.92 Å². The molecule has 0 amide bonds. The maximum Gasteiger partial charge on any atom is 0.311 e. The largest absolute Gasteiger partial charge is 0.454 e. The average Bonchev–Trinajstić information content (AvgIpc) is 1.96. The number of Topliss-reactive ketones (excluding diaryl/α,β-unsaturated/α-hetero) is 1. The Hall–Kier alpha value is -0.860. The van der Waals surface area contributed by atoms with Gasteiger partial charge in [-0.05, 0) is 34.1 Å². The van der Waals surface area contributed by atoms with Gasteiger partial charge in [-0.1, -0.05) is 6.92 Å². The minimum atomic E-state index is -0.577. The summed E-state index contributed by atoms with van der Waals surface area (Å²) in [7, 11) is 0. The second-order valence-corrected chi connectivity index (χ2v) is 4.16. The van der Waals surface area contributed by atoms with Crippen LogP contribution in [0, 0.1) is 5.41 Å². The lowest BCUT2D eigenvalue weighted by molar-refractivity contribution is -0.162. The van der Waals surface area contributed by atoms with Crippen molar-refractivity contribution in [3.63, 3.8) is 0 Å². The van der Waals surface area contributed by atoms with Crippen molar-refractivity contribution >= 4 is 11.8 Å². The van der Waals surface area contributed by atoms with E-state index >= 15 is 0 Å². The van der Waals surface area contributed by atoms with Crippen LogP contribution >= 0.6 is 0 Å². The molecule has 13 heavy (non-hydrogen) atoms. The van der Waals surface area contributed by atoms with Crippen molar-refractivity contribution in [1.29, 1.82) is 0 Å². The molecule has 3 nitrogen and oxygen atoms in total. The molecule has 0 aromatic rings. The lowest BCUT2D eigenvalue weighted by atomic mass is 9.97. The van der Waals surface area contributed by atoms with Gasteiger partial charge in [0.15, 0.2) is 11.9 Å². The van der Waals surface area contributed by atoms with E-state index in [4.69, 9.17) is 4.74 Å². The summed E-state index contributed by atoms with van der Waals surface area (Å²) < 4.78 is 5.04. The van der Waals surface area contributed by atoms with Crippen LogP contribution in [0.4, 0.5) is 0 Å². The summed E-state index contributed by atoms with van der Waals surface area (Å²) in [5.74, 6) is -0.422. The monoisotopic (exact) mass is 186 g/mol. The minimum Gasteiger partial charge on any atom is -0.454 e. The number of ketones is 1. The lowest BCUT2D eigenvalue weighted by Gasteiger charge is -2.20. The van der Waals surface area contributed by atoms with Gasteiger partial charge in [0.25, 0.3) is 0 Å². The van der Waals surface area contributed by atoms with Gasteiger partial charge in [0.1, 0.15) is 0 Å². The molecular formula is C10H18O3. The summed E-state index contributed by atoms with van der Waals surface area (Å²) in [5.41, 5.74) is -0.539. The molecule has 0 bridgehead atoms. The highest BCUT2D eigenvalue weighted by atomic mass is 16.5. The van der Waals surface area contributed by atoms with Gasteiger partial charge in [-0.2, -0.15) is 0 Å². The molecule has 0 saturated carbocycles. The highest BCUT2D eigenvalue weighted by molar-refractivity contribution is 5.84. The summed E-state index contributed by atoms with van der Waals surface area (Å²) in [6, 6.07) is 0. The van der Waals surface area contributed by atoms with Gasteiger partial charge >= 0.3 is 5.97 Å². The zero-order chi connectivity index (χ0) is 10.6. The fourth-order valence-electron chi connectivity index (χ4n) is 0.760. The van der Waals surface area contributed by atoms with Gasteiger partial charge < -0.3 is 4.74 Å². The SMILES string of the molecule is CCC(OC(=O)C(C)(C)C)C(C)=O. The Labute approximate surface area is 79.5 Å². The molecular weight excluding hydrogens is 168 g/mol. The Bertz CT molecular complexity index is 201. The van der Waals surface area contributed by atoms with Crippen molar-refractivity contribution in [1.82, 2.24) is 0 Å². The standard InChI is InChI=1S/C10H18O3/c1-6-8(7(2)11)13-9(12)10(3,4)5/h8H,6H2,1-5H3. The summed E-state index contributed by atoms with van der Waals surface area (Å²) in [5, 5.41) is 0. The van der Waals surface area contributed by atoms with Crippen molar-refractivity contribution in [3.8, 4) is 0 Å². The molecule has 0 radical (unpaired) electrons. The first-order valence-electron chi connectivity index (χ1n) is 4.50. The van der Waals surface area contributed by atoms with Crippen LogP contribution in [-0.4, -0.2) is 17.9 Å². The quantitative estimate of drug-likeness (QED) is 0.633. The van der Waals surface area contributed by atoms with Crippen molar-refractivity contribution in [2.24, 2.45) is 5.41 Å². The molecule has 0 aromatic heterocycles. The molecule has 0 rings (SSSR count). The number of carbonyl (C=O) groups excluding carboxylic acids is 2.